The predicted molar refractivity (Wildman–Crippen MR) is 164 cm³/mol. The van der Waals surface area contributed by atoms with Gasteiger partial charge in [-0.2, -0.15) is 0 Å². The molecule has 0 aromatic heterocycles. The van der Waals surface area contributed by atoms with E-state index in [-0.39, 0.29) is 0 Å². The van der Waals surface area contributed by atoms with Gasteiger partial charge in [0.05, 0.1) is 6.67 Å². The molecule has 38 heavy (non-hydrogen) atoms. The Morgan fingerprint density at radius 2 is 1.18 bits per heavy atom. The highest BCUT2D eigenvalue weighted by Crippen LogP contribution is 2.43. The average molecular weight is 516 g/mol. The number of anilines is 2. The van der Waals surface area contributed by atoms with Crippen molar-refractivity contribution in [2.45, 2.75) is 111 Å². The molecule has 0 fully saturated rings. The van der Waals surface area contributed by atoms with Crippen LogP contribution in [-0.2, 0) is 0 Å². The summed E-state index contributed by atoms with van der Waals surface area (Å²) in [5.41, 5.74) is 18.4. The minimum atomic E-state index is 0.453. The molecule has 1 heterocycles. The van der Waals surface area contributed by atoms with Gasteiger partial charge in [-0.15, -0.1) is 0 Å². The van der Waals surface area contributed by atoms with Gasteiger partial charge in [0.15, 0.2) is 0 Å². The minimum absolute atomic E-state index is 0.453. The van der Waals surface area contributed by atoms with Gasteiger partial charge in [-0.1, -0.05) is 110 Å². The summed E-state index contributed by atoms with van der Waals surface area (Å²) in [6.45, 7) is 19.9. The van der Waals surface area contributed by atoms with Crippen molar-refractivity contribution in [3.05, 3.63) is 81.0 Å². The molecule has 206 valence electrons. The van der Waals surface area contributed by atoms with Crippen LogP contribution in [0.5, 0.6) is 0 Å². The maximum absolute atomic E-state index is 8.54. The van der Waals surface area contributed by atoms with Crippen molar-refractivity contribution in [1.29, 1.82) is 0 Å². The number of hydrogen-bond acceptors (Lipinski definition) is 3. The number of rotatable bonds is 13. The van der Waals surface area contributed by atoms with Crippen LogP contribution >= 0.6 is 0 Å². The second kappa shape index (κ2) is 13.8. The molecular formula is C33H49N5. The van der Waals surface area contributed by atoms with E-state index < -0.39 is 0 Å². The number of nitrogens with zero attached hydrogens (tertiary/aromatic N) is 5. The number of para-hydroxylation sites is 2. The third-order valence-corrected chi connectivity index (χ3v) is 7.69. The maximum Gasteiger partial charge on any atom is 0.0992 e. The molecule has 0 aliphatic carbocycles. The zero-order valence-electron chi connectivity index (χ0n) is 25.0. The van der Waals surface area contributed by atoms with E-state index >= 15 is 0 Å². The number of hydrogen-bond donors (Lipinski definition) is 0. The second-order valence-corrected chi connectivity index (χ2v) is 12.0. The SMILES string of the molecule is CC(C)c1cccc(C(C)C)c1N1C=C(CCCCCCN=[N+]=[N-])N(c2c(C(C)C)cccc2C(C)C)C1. The molecule has 0 amide bonds. The predicted octanol–water partition coefficient (Wildman–Crippen LogP) is 10.6. The standard InChI is InChI=1S/C33H49N5/c1-23(2)28-16-13-17-29(24(3)4)32(28)37-21-27(15-11-9-10-12-20-35-36-34)38(22-37)33-30(25(5)6)18-14-19-31(33)26(7)8/h13-14,16-19,21,23-26H,9-12,15,20,22H2,1-8H3. The second-order valence-electron chi connectivity index (χ2n) is 12.0. The Kier molecular flexibility index (Phi) is 10.7. The van der Waals surface area contributed by atoms with Crippen LogP contribution in [0, 0.1) is 0 Å². The quantitative estimate of drug-likeness (QED) is 0.115. The lowest BCUT2D eigenvalue weighted by atomic mass is 9.91. The van der Waals surface area contributed by atoms with E-state index in [1.165, 1.54) is 39.3 Å². The van der Waals surface area contributed by atoms with E-state index in [2.05, 4.69) is 118 Å². The molecule has 2 aromatic carbocycles. The fraction of sp³-hybridized carbons (Fsp3) is 0.576. The Labute approximate surface area is 231 Å². The third-order valence-electron chi connectivity index (χ3n) is 7.69. The van der Waals surface area contributed by atoms with Crippen LogP contribution in [0.2, 0.25) is 0 Å². The minimum Gasteiger partial charge on any atom is -0.327 e. The van der Waals surface area contributed by atoms with Gasteiger partial charge in [0.1, 0.15) is 0 Å². The van der Waals surface area contributed by atoms with Gasteiger partial charge in [0.25, 0.3) is 0 Å². The van der Waals surface area contributed by atoms with Crippen LogP contribution in [0.1, 0.15) is 133 Å². The first-order valence-electron chi connectivity index (χ1n) is 14.7. The molecule has 0 atom stereocenters. The van der Waals surface area contributed by atoms with Crippen molar-refractivity contribution in [1.82, 2.24) is 0 Å². The van der Waals surface area contributed by atoms with Crippen molar-refractivity contribution in [3.8, 4) is 0 Å². The number of unbranched alkanes of at least 4 members (excludes halogenated alkanes) is 3. The maximum atomic E-state index is 8.54. The highest BCUT2D eigenvalue weighted by Gasteiger charge is 2.30. The number of benzene rings is 2. The number of allylic oxidation sites excluding steroid dienone is 1. The van der Waals surface area contributed by atoms with Crippen molar-refractivity contribution >= 4 is 11.4 Å². The topological polar surface area (TPSA) is 55.2 Å². The molecule has 5 nitrogen and oxygen atoms in total. The molecule has 0 saturated carbocycles. The smallest absolute Gasteiger partial charge is 0.0992 e. The molecule has 1 aliphatic rings. The Morgan fingerprint density at radius 1 is 0.711 bits per heavy atom. The molecule has 5 heteroatoms. The molecule has 0 N–H and O–H groups in total. The van der Waals surface area contributed by atoms with E-state index in [0.29, 0.717) is 30.2 Å². The molecule has 0 saturated heterocycles. The van der Waals surface area contributed by atoms with Gasteiger partial charge in [-0.05, 0) is 70.7 Å². The Morgan fingerprint density at radius 3 is 1.66 bits per heavy atom. The average Bonchev–Trinajstić information content (AvgIpc) is 3.30. The summed E-state index contributed by atoms with van der Waals surface area (Å²) in [4.78, 5) is 8.03. The van der Waals surface area contributed by atoms with Gasteiger partial charge in [-0.3, -0.25) is 0 Å². The van der Waals surface area contributed by atoms with Crippen LogP contribution < -0.4 is 9.80 Å². The van der Waals surface area contributed by atoms with Crippen LogP contribution in [0.25, 0.3) is 10.4 Å². The first-order valence-corrected chi connectivity index (χ1v) is 14.7. The Balaban J connectivity index is 2.04. The lowest BCUT2D eigenvalue weighted by Crippen LogP contribution is -2.30. The highest BCUT2D eigenvalue weighted by molar-refractivity contribution is 5.72. The molecule has 0 spiro atoms. The molecule has 2 aromatic rings. The summed E-state index contributed by atoms with van der Waals surface area (Å²) >= 11 is 0. The summed E-state index contributed by atoms with van der Waals surface area (Å²) < 4.78 is 0. The van der Waals surface area contributed by atoms with E-state index in [9.17, 15) is 0 Å². The lowest BCUT2D eigenvalue weighted by Gasteiger charge is -2.32. The van der Waals surface area contributed by atoms with E-state index in [1.807, 2.05) is 0 Å². The summed E-state index contributed by atoms with van der Waals surface area (Å²) in [6.07, 6.45) is 7.83. The van der Waals surface area contributed by atoms with Crippen LogP contribution in [0.3, 0.4) is 0 Å². The van der Waals surface area contributed by atoms with Crippen molar-refractivity contribution < 1.29 is 0 Å². The highest BCUT2D eigenvalue weighted by atomic mass is 15.4. The van der Waals surface area contributed by atoms with E-state index in [1.54, 1.807) is 0 Å². The first-order chi connectivity index (χ1) is 18.2. The molecule has 0 unspecified atom stereocenters. The van der Waals surface area contributed by atoms with E-state index in [4.69, 9.17) is 5.53 Å². The first kappa shape index (κ1) is 29.6. The largest absolute Gasteiger partial charge is 0.327 e. The van der Waals surface area contributed by atoms with Crippen LogP contribution in [-0.4, -0.2) is 13.2 Å². The summed E-state index contributed by atoms with van der Waals surface area (Å²) in [5.74, 6) is 1.82. The summed E-state index contributed by atoms with van der Waals surface area (Å²) in [7, 11) is 0. The van der Waals surface area contributed by atoms with Crippen LogP contribution in [0.15, 0.2) is 53.4 Å². The fourth-order valence-electron chi connectivity index (χ4n) is 5.64. The van der Waals surface area contributed by atoms with Crippen molar-refractivity contribution in [3.63, 3.8) is 0 Å². The zero-order valence-corrected chi connectivity index (χ0v) is 25.0. The fourth-order valence-corrected chi connectivity index (χ4v) is 5.64. The molecule has 0 radical (unpaired) electrons. The van der Waals surface area contributed by atoms with Crippen molar-refractivity contribution in [2.75, 3.05) is 23.0 Å². The van der Waals surface area contributed by atoms with Gasteiger partial charge in [0, 0.05) is 34.7 Å². The monoisotopic (exact) mass is 515 g/mol. The normalized spacial score (nSPS) is 13.7. The van der Waals surface area contributed by atoms with Gasteiger partial charge >= 0.3 is 0 Å². The zero-order chi connectivity index (χ0) is 27.8. The lowest BCUT2D eigenvalue weighted by molar-refractivity contribution is 0.639. The third kappa shape index (κ3) is 6.94. The molecule has 0 bridgehead atoms. The van der Waals surface area contributed by atoms with Crippen LogP contribution in [0.4, 0.5) is 11.4 Å². The molecule has 3 rings (SSSR count). The Bertz CT molecular complexity index is 1090. The molecular weight excluding hydrogens is 466 g/mol. The summed E-state index contributed by atoms with van der Waals surface area (Å²) in [5, 5.41) is 3.69. The van der Waals surface area contributed by atoms with Crippen molar-refractivity contribution in [2.24, 2.45) is 5.11 Å². The van der Waals surface area contributed by atoms with Gasteiger partial charge < -0.3 is 9.80 Å². The van der Waals surface area contributed by atoms with E-state index in [0.717, 1.165) is 38.8 Å². The molecule has 1 aliphatic heterocycles. The number of azide groups is 1. The van der Waals surface area contributed by atoms with Gasteiger partial charge in [-0.25, -0.2) is 0 Å². The summed E-state index contributed by atoms with van der Waals surface area (Å²) in [6, 6.07) is 13.7. The van der Waals surface area contributed by atoms with Gasteiger partial charge in [0.2, 0.25) is 0 Å². The Hall–Kier alpha value is -2.91.